The molecule has 0 heterocycles. The summed E-state index contributed by atoms with van der Waals surface area (Å²) in [5.41, 5.74) is 1.36. The van der Waals surface area contributed by atoms with Crippen LogP contribution < -0.4 is 5.48 Å². The maximum atomic E-state index is 10.3. The van der Waals surface area contributed by atoms with E-state index in [2.05, 4.69) is 0 Å². The zero-order valence-corrected chi connectivity index (χ0v) is 5.46. The largest absolute Gasteiger partial charge is 0.383 e. The summed E-state index contributed by atoms with van der Waals surface area (Å²) in [5.74, 6) is -0.929. The predicted molar refractivity (Wildman–Crippen MR) is 30.8 cm³/mol. The monoisotopic (exact) mass is 133 g/mol. The molecule has 0 radical (unpaired) electrons. The summed E-state index contributed by atoms with van der Waals surface area (Å²) in [6.45, 7) is 3.36. The molecule has 0 aromatic rings. The number of carbonyl (C=O) groups is 1. The van der Waals surface area contributed by atoms with Gasteiger partial charge in [0.2, 0.25) is 0 Å². The quantitative estimate of drug-likeness (QED) is 0.351. The molecule has 0 rings (SSSR count). The lowest BCUT2D eigenvalue weighted by Crippen LogP contribution is -2.35. The minimum atomic E-state index is -1.12. The van der Waals surface area contributed by atoms with E-state index in [4.69, 9.17) is 10.3 Å². The van der Waals surface area contributed by atoms with Crippen molar-refractivity contribution in [2.45, 2.75) is 20.0 Å². The molecule has 54 valence electrons. The molecule has 0 aromatic carbocycles. The summed E-state index contributed by atoms with van der Waals surface area (Å²) in [5, 5.41) is 16.8. The van der Waals surface area contributed by atoms with Gasteiger partial charge in [-0.05, 0) is 5.92 Å². The minimum Gasteiger partial charge on any atom is -0.383 e. The maximum Gasteiger partial charge on any atom is 0.272 e. The molecule has 9 heavy (non-hydrogen) atoms. The molecule has 1 atom stereocenters. The fourth-order valence-electron chi connectivity index (χ4n) is 0.369. The summed E-state index contributed by atoms with van der Waals surface area (Å²) in [6.07, 6.45) is -1.12. The van der Waals surface area contributed by atoms with Gasteiger partial charge in [-0.15, -0.1) is 0 Å². The van der Waals surface area contributed by atoms with E-state index in [9.17, 15) is 4.79 Å². The highest BCUT2D eigenvalue weighted by molar-refractivity contribution is 5.79. The lowest BCUT2D eigenvalue weighted by atomic mass is 10.1. The smallest absolute Gasteiger partial charge is 0.272 e. The van der Waals surface area contributed by atoms with E-state index >= 15 is 0 Å². The number of carbonyl (C=O) groups excluding carboxylic acids is 1. The van der Waals surface area contributed by atoms with Crippen molar-refractivity contribution in [2.75, 3.05) is 0 Å². The van der Waals surface area contributed by atoms with E-state index < -0.39 is 12.0 Å². The first-order chi connectivity index (χ1) is 4.09. The van der Waals surface area contributed by atoms with E-state index in [0.717, 1.165) is 0 Å². The summed E-state index contributed by atoms with van der Waals surface area (Å²) in [6, 6.07) is 0. The number of rotatable bonds is 2. The topological polar surface area (TPSA) is 69.6 Å². The van der Waals surface area contributed by atoms with Gasteiger partial charge in [0, 0.05) is 0 Å². The molecule has 1 unspecified atom stereocenters. The van der Waals surface area contributed by atoms with Crippen molar-refractivity contribution < 1.29 is 15.1 Å². The van der Waals surface area contributed by atoms with Crippen LogP contribution in [0.15, 0.2) is 0 Å². The van der Waals surface area contributed by atoms with Crippen molar-refractivity contribution in [2.24, 2.45) is 5.92 Å². The third kappa shape index (κ3) is 2.43. The molecule has 4 heteroatoms. The van der Waals surface area contributed by atoms with E-state index in [-0.39, 0.29) is 5.92 Å². The molecule has 0 bridgehead atoms. The van der Waals surface area contributed by atoms with Crippen molar-refractivity contribution in [1.29, 1.82) is 0 Å². The molecular weight excluding hydrogens is 122 g/mol. The van der Waals surface area contributed by atoms with Crippen LogP contribution in [0.2, 0.25) is 0 Å². The fraction of sp³-hybridized carbons (Fsp3) is 0.800. The van der Waals surface area contributed by atoms with Crippen molar-refractivity contribution in [3.8, 4) is 0 Å². The van der Waals surface area contributed by atoms with Crippen LogP contribution in [0, 0.1) is 5.92 Å². The van der Waals surface area contributed by atoms with Gasteiger partial charge in [0.05, 0.1) is 0 Å². The highest BCUT2D eigenvalue weighted by Crippen LogP contribution is 1.99. The average Bonchev–Trinajstić information content (AvgIpc) is 1.84. The van der Waals surface area contributed by atoms with Crippen molar-refractivity contribution >= 4 is 5.91 Å². The first-order valence-corrected chi connectivity index (χ1v) is 2.71. The van der Waals surface area contributed by atoms with Crippen LogP contribution in [0.5, 0.6) is 0 Å². The van der Waals surface area contributed by atoms with Crippen molar-refractivity contribution in [3.05, 3.63) is 0 Å². The Hall–Kier alpha value is -0.610. The number of hydrogen-bond acceptors (Lipinski definition) is 3. The van der Waals surface area contributed by atoms with Gasteiger partial charge in [-0.1, -0.05) is 13.8 Å². The molecule has 0 aliphatic rings. The summed E-state index contributed by atoms with van der Waals surface area (Å²) in [7, 11) is 0. The average molecular weight is 133 g/mol. The van der Waals surface area contributed by atoms with E-state index in [1.807, 2.05) is 0 Å². The second-order valence-electron chi connectivity index (χ2n) is 2.16. The second kappa shape index (κ2) is 3.42. The van der Waals surface area contributed by atoms with Gasteiger partial charge >= 0.3 is 0 Å². The highest BCUT2D eigenvalue weighted by atomic mass is 16.5. The number of nitrogens with one attached hydrogen (secondary N) is 1. The van der Waals surface area contributed by atoms with Crippen LogP contribution in [0.4, 0.5) is 0 Å². The van der Waals surface area contributed by atoms with Crippen molar-refractivity contribution in [1.82, 2.24) is 5.48 Å². The number of aliphatic hydroxyl groups excluding tert-OH is 1. The number of hydrogen-bond donors (Lipinski definition) is 3. The van der Waals surface area contributed by atoms with Gasteiger partial charge in [-0.3, -0.25) is 10.0 Å². The zero-order valence-electron chi connectivity index (χ0n) is 5.46. The number of aliphatic hydroxyl groups is 1. The standard InChI is InChI=1S/C5H11NO3/c1-3(2)4(7)5(8)6-9/h3-4,7,9H,1-2H3,(H,6,8). The normalized spacial score (nSPS) is 13.4. The summed E-state index contributed by atoms with van der Waals surface area (Å²) in [4.78, 5) is 10.3. The maximum absolute atomic E-state index is 10.3. The van der Waals surface area contributed by atoms with E-state index in [0.29, 0.717) is 0 Å². The van der Waals surface area contributed by atoms with Gasteiger partial charge < -0.3 is 5.11 Å². The van der Waals surface area contributed by atoms with Gasteiger partial charge in [0.15, 0.2) is 0 Å². The Labute approximate surface area is 53.5 Å². The Morgan fingerprint density at radius 1 is 1.56 bits per heavy atom. The molecule has 1 amide bonds. The first-order valence-electron chi connectivity index (χ1n) is 2.71. The Bertz CT molecular complexity index is 102. The third-order valence-corrected chi connectivity index (χ3v) is 1.01. The van der Waals surface area contributed by atoms with Crippen LogP contribution in [0.25, 0.3) is 0 Å². The molecule has 0 aliphatic heterocycles. The molecule has 0 saturated carbocycles. The molecule has 0 saturated heterocycles. The van der Waals surface area contributed by atoms with Crippen LogP contribution in [0.1, 0.15) is 13.8 Å². The SMILES string of the molecule is CC(C)C(O)C(=O)NO. The first kappa shape index (κ1) is 8.39. The van der Waals surface area contributed by atoms with Gasteiger partial charge in [-0.25, -0.2) is 5.48 Å². The highest BCUT2D eigenvalue weighted by Gasteiger charge is 2.17. The van der Waals surface area contributed by atoms with Crippen LogP contribution >= 0.6 is 0 Å². The molecule has 4 nitrogen and oxygen atoms in total. The number of hydroxylamine groups is 1. The summed E-state index contributed by atoms with van der Waals surface area (Å²) < 4.78 is 0. The van der Waals surface area contributed by atoms with Gasteiger partial charge in [0.1, 0.15) is 6.10 Å². The Morgan fingerprint density at radius 2 is 2.00 bits per heavy atom. The Kier molecular flexibility index (Phi) is 3.19. The van der Waals surface area contributed by atoms with Gasteiger partial charge in [0.25, 0.3) is 5.91 Å². The summed E-state index contributed by atoms with van der Waals surface area (Å²) >= 11 is 0. The molecule has 0 fully saturated rings. The van der Waals surface area contributed by atoms with Crippen LogP contribution in [0.3, 0.4) is 0 Å². The Morgan fingerprint density at radius 3 is 2.11 bits per heavy atom. The van der Waals surface area contributed by atoms with Gasteiger partial charge in [-0.2, -0.15) is 0 Å². The van der Waals surface area contributed by atoms with E-state index in [1.165, 1.54) is 5.48 Å². The molecular formula is C5H11NO3. The Balaban J connectivity index is 3.72. The minimum absolute atomic E-state index is 0.169. The van der Waals surface area contributed by atoms with E-state index in [1.54, 1.807) is 13.8 Å². The van der Waals surface area contributed by atoms with Crippen LogP contribution in [-0.4, -0.2) is 22.3 Å². The van der Waals surface area contributed by atoms with Crippen molar-refractivity contribution in [3.63, 3.8) is 0 Å². The lowest BCUT2D eigenvalue weighted by molar-refractivity contribution is -0.140. The molecule has 0 spiro atoms. The zero-order chi connectivity index (χ0) is 7.44. The van der Waals surface area contributed by atoms with Crippen LogP contribution in [-0.2, 0) is 4.79 Å². The fourth-order valence-corrected chi connectivity index (χ4v) is 0.369. The molecule has 3 N–H and O–H groups in total. The second-order valence-corrected chi connectivity index (χ2v) is 2.16. The third-order valence-electron chi connectivity index (χ3n) is 1.01. The molecule has 0 aliphatic carbocycles. The lowest BCUT2D eigenvalue weighted by Gasteiger charge is -2.10. The molecule has 0 aromatic heterocycles. The predicted octanol–water partition coefficient (Wildman–Crippen LogP) is -0.491. The number of amides is 1.